The monoisotopic (exact) mass is 260 g/mol. The number of hydrogen-bond acceptors (Lipinski definition) is 5. The zero-order chi connectivity index (χ0) is 12.7. The van der Waals surface area contributed by atoms with Crippen molar-refractivity contribution in [2.24, 2.45) is 0 Å². The van der Waals surface area contributed by atoms with E-state index >= 15 is 0 Å². The van der Waals surface area contributed by atoms with Crippen LogP contribution in [0.3, 0.4) is 0 Å². The molecule has 6 nitrogen and oxygen atoms in total. The van der Waals surface area contributed by atoms with Crippen LogP contribution in [0, 0.1) is 6.92 Å². The lowest BCUT2D eigenvalue weighted by Gasteiger charge is -1.93. The van der Waals surface area contributed by atoms with Gasteiger partial charge in [0.05, 0.1) is 6.20 Å². The summed E-state index contributed by atoms with van der Waals surface area (Å²) in [6, 6.07) is 0. The maximum atomic E-state index is 11.0. The van der Waals surface area contributed by atoms with Crippen molar-refractivity contribution in [2.45, 2.75) is 6.92 Å². The van der Waals surface area contributed by atoms with Gasteiger partial charge in [-0.1, -0.05) is 11.3 Å². The number of aromatic nitrogens is 4. The Hall–Kier alpha value is -2.28. The van der Waals surface area contributed by atoms with Crippen LogP contribution < -0.4 is 0 Å². The summed E-state index contributed by atoms with van der Waals surface area (Å²) in [6.07, 6.45) is 6.59. The molecule has 0 aliphatic heterocycles. The Kier molecular flexibility index (Phi) is 2.34. The minimum atomic E-state index is -0.927. The third kappa shape index (κ3) is 1.56. The van der Waals surface area contributed by atoms with Gasteiger partial charge in [-0.3, -0.25) is 14.4 Å². The minimum absolute atomic E-state index is 0.309. The van der Waals surface area contributed by atoms with E-state index in [1.54, 1.807) is 36.1 Å². The number of nitrogens with zero attached hydrogens (tertiary/aromatic N) is 4. The molecular weight excluding hydrogens is 252 g/mol. The number of imidazole rings is 1. The average Bonchev–Trinajstić information content (AvgIpc) is 2.91. The summed E-state index contributed by atoms with van der Waals surface area (Å²) in [5, 5.41) is 9.02. The quantitative estimate of drug-likeness (QED) is 0.760. The summed E-state index contributed by atoms with van der Waals surface area (Å²) < 4.78 is 1.76. The van der Waals surface area contributed by atoms with Gasteiger partial charge in [0.2, 0.25) is 0 Å². The first kappa shape index (κ1) is 10.8. The molecule has 0 saturated carbocycles. The maximum absolute atomic E-state index is 11.0. The Labute approximate surface area is 106 Å². The number of aromatic carboxylic acids is 1. The molecule has 3 heterocycles. The molecule has 0 bridgehead atoms. The van der Waals surface area contributed by atoms with E-state index in [0.29, 0.717) is 26.9 Å². The summed E-state index contributed by atoms with van der Waals surface area (Å²) in [7, 11) is 0. The van der Waals surface area contributed by atoms with Crippen LogP contribution in [0.2, 0.25) is 0 Å². The van der Waals surface area contributed by atoms with Gasteiger partial charge in [-0.05, 0) is 6.92 Å². The molecule has 0 unspecified atom stereocenters. The average molecular weight is 260 g/mol. The van der Waals surface area contributed by atoms with E-state index in [1.807, 2.05) is 0 Å². The van der Waals surface area contributed by atoms with Crippen molar-refractivity contribution in [2.75, 3.05) is 0 Å². The van der Waals surface area contributed by atoms with Gasteiger partial charge in [-0.25, -0.2) is 9.78 Å². The van der Waals surface area contributed by atoms with Crippen molar-refractivity contribution in [3.63, 3.8) is 0 Å². The van der Waals surface area contributed by atoms with Crippen LogP contribution in [0.5, 0.6) is 0 Å². The Balaban J connectivity index is 2.17. The second kappa shape index (κ2) is 3.88. The molecule has 0 aliphatic rings. The fourth-order valence-corrected chi connectivity index (χ4v) is 2.65. The highest BCUT2D eigenvalue weighted by Crippen LogP contribution is 2.25. The Bertz CT molecular complexity index is 732. The van der Waals surface area contributed by atoms with Crippen molar-refractivity contribution in [1.29, 1.82) is 0 Å². The SMILES string of the molecule is Cc1c(C(=O)O)sc2nc(-c3cnccn3)cn12. The van der Waals surface area contributed by atoms with Crippen LogP contribution in [0.25, 0.3) is 16.3 Å². The molecule has 0 saturated heterocycles. The number of aryl methyl sites for hydroxylation is 1. The predicted molar refractivity (Wildman–Crippen MR) is 65.8 cm³/mol. The van der Waals surface area contributed by atoms with Gasteiger partial charge >= 0.3 is 5.97 Å². The Morgan fingerprint density at radius 3 is 2.83 bits per heavy atom. The van der Waals surface area contributed by atoms with Gasteiger partial charge in [0, 0.05) is 24.3 Å². The van der Waals surface area contributed by atoms with Crippen LogP contribution >= 0.6 is 11.3 Å². The largest absolute Gasteiger partial charge is 0.477 e. The number of rotatable bonds is 2. The fraction of sp³-hybridized carbons (Fsp3) is 0.0909. The first-order valence-corrected chi connectivity index (χ1v) is 5.96. The standard InChI is InChI=1S/C11H8N4O2S/c1-6-9(10(16)17)18-11-14-8(5-15(6)11)7-4-12-2-3-13-7/h2-5H,1H3,(H,16,17). The van der Waals surface area contributed by atoms with E-state index in [4.69, 9.17) is 5.11 Å². The van der Waals surface area contributed by atoms with Gasteiger partial charge in [-0.15, -0.1) is 0 Å². The lowest BCUT2D eigenvalue weighted by Crippen LogP contribution is -1.96. The molecule has 3 aromatic rings. The van der Waals surface area contributed by atoms with Crippen molar-refractivity contribution in [3.8, 4) is 11.4 Å². The Morgan fingerprint density at radius 2 is 2.22 bits per heavy atom. The molecule has 0 aliphatic carbocycles. The molecular formula is C11H8N4O2S. The number of fused-ring (bicyclic) bond motifs is 1. The van der Waals surface area contributed by atoms with Crippen LogP contribution in [0.15, 0.2) is 24.8 Å². The normalized spacial score (nSPS) is 10.9. The maximum Gasteiger partial charge on any atom is 0.347 e. The molecule has 0 fully saturated rings. The van der Waals surface area contributed by atoms with E-state index in [1.165, 1.54) is 0 Å². The molecule has 0 amide bonds. The minimum Gasteiger partial charge on any atom is -0.477 e. The number of carbonyl (C=O) groups is 1. The molecule has 18 heavy (non-hydrogen) atoms. The predicted octanol–water partition coefficient (Wildman–Crippen LogP) is 1.86. The number of thiazole rings is 1. The highest BCUT2D eigenvalue weighted by Gasteiger charge is 2.17. The van der Waals surface area contributed by atoms with Crippen LogP contribution in [-0.4, -0.2) is 30.4 Å². The lowest BCUT2D eigenvalue weighted by molar-refractivity contribution is 0.0701. The van der Waals surface area contributed by atoms with E-state index in [0.717, 1.165) is 11.3 Å². The Morgan fingerprint density at radius 1 is 1.39 bits per heavy atom. The van der Waals surface area contributed by atoms with Gasteiger partial charge < -0.3 is 5.11 Å². The summed E-state index contributed by atoms with van der Waals surface area (Å²) in [6.45, 7) is 1.76. The van der Waals surface area contributed by atoms with Crippen molar-refractivity contribution >= 4 is 22.3 Å². The molecule has 0 aromatic carbocycles. The van der Waals surface area contributed by atoms with Crippen LogP contribution in [0.1, 0.15) is 15.4 Å². The van der Waals surface area contributed by atoms with Gasteiger partial charge in [-0.2, -0.15) is 0 Å². The topological polar surface area (TPSA) is 80.4 Å². The number of hydrogen-bond donors (Lipinski definition) is 1. The second-order valence-electron chi connectivity index (χ2n) is 3.69. The van der Waals surface area contributed by atoms with Gasteiger partial charge in [0.25, 0.3) is 0 Å². The zero-order valence-electron chi connectivity index (χ0n) is 9.36. The molecule has 0 radical (unpaired) electrons. The molecule has 1 N–H and O–H groups in total. The third-order valence-corrected chi connectivity index (χ3v) is 3.72. The van der Waals surface area contributed by atoms with Crippen LogP contribution in [0.4, 0.5) is 0 Å². The highest BCUT2D eigenvalue weighted by atomic mass is 32.1. The summed E-state index contributed by atoms with van der Waals surface area (Å²) in [5.41, 5.74) is 2.03. The highest BCUT2D eigenvalue weighted by molar-refractivity contribution is 7.19. The fourth-order valence-electron chi connectivity index (χ4n) is 1.70. The molecule has 0 atom stereocenters. The smallest absolute Gasteiger partial charge is 0.347 e. The zero-order valence-corrected chi connectivity index (χ0v) is 10.2. The summed E-state index contributed by atoms with van der Waals surface area (Å²) in [4.78, 5) is 24.4. The van der Waals surface area contributed by atoms with Crippen molar-refractivity contribution < 1.29 is 9.90 Å². The molecule has 3 rings (SSSR count). The van der Waals surface area contributed by atoms with Crippen molar-refractivity contribution in [3.05, 3.63) is 35.4 Å². The molecule has 90 valence electrons. The van der Waals surface area contributed by atoms with Crippen LogP contribution in [-0.2, 0) is 0 Å². The molecule has 3 aromatic heterocycles. The van der Waals surface area contributed by atoms with Gasteiger partial charge in [0.1, 0.15) is 16.3 Å². The number of carboxylic acids is 1. The van der Waals surface area contributed by atoms with Gasteiger partial charge in [0.15, 0.2) is 4.96 Å². The molecule has 7 heteroatoms. The summed E-state index contributed by atoms with van der Waals surface area (Å²) >= 11 is 1.15. The second-order valence-corrected chi connectivity index (χ2v) is 4.67. The van der Waals surface area contributed by atoms with E-state index in [-0.39, 0.29) is 0 Å². The lowest BCUT2D eigenvalue weighted by atomic mass is 10.3. The van der Waals surface area contributed by atoms with E-state index in [2.05, 4.69) is 15.0 Å². The summed E-state index contributed by atoms with van der Waals surface area (Å²) in [5.74, 6) is -0.927. The van der Waals surface area contributed by atoms with E-state index in [9.17, 15) is 4.79 Å². The first-order chi connectivity index (χ1) is 8.66. The third-order valence-electron chi connectivity index (χ3n) is 2.58. The molecule has 0 spiro atoms. The van der Waals surface area contributed by atoms with E-state index < -0.39 is 5.97 Å². The van der Waals surface area contributed by atoms with Crippen molar-refractivity contribution in [1.82, 2.24) is 19.4 Å². The number of carboxylic acid groups (broad SMARTS) is 1. The first-order valence-electron chi connectivity index (χ1n) is 5.15.